The zero-order valence-electron chi connectivity index (χ0n) is 17.9. The quantitative estimate of drug-likeness (QED) is 0.320. The van der Waals surface area contributed by atoms with Crippen LogP contribution in [0.2, 0.25) is 0 Å². The maximum Gasteiger partial charge on any atom is 0.0465 e. The molecule has 1 nitrogen and oxygen atoms in total. The molecule has 0 saturated carbocycles. The molecule has 0 fully saturated rings. The van der Waals surface area contributed by atoms with Gasteiger partial charge in [-0.15, -0.1) is 0 Å². The van der Waals surface area contributed by atoms with Crippen LogP contribution in [-0.4, -0.2) is 4.98 Å². The van der Waals surface area contributed by atoms with Crippen LogP contribution in [0.15, 0.2) is 91.0 Å². The Morgan fingerprint density at radius 3 is 1.60 bits per heavy atom. The van der Waals surface area contributed by atoms with Crippen LogP contribution < -0.4 is 0 Å². The van der Waals surface area contributed by atoms with E-state index in [0.717, 1.165) is 6.42 Å². The number of hydrogen-bond acceptors (Lipinski definition) is 0. The van der Waals surface area contributed by atoms with Crippen LogP contribution >= 0.6 is 0 Å². The molecule has 0 aliphatic heterocycles. The number of fused-ring (bicyclic) bond motifs is 3. The van der Waals surface area contributed by atoms with E-state index >= 15 is 0 Å². The molecular weight excluding hydrogens is 362 g/mol. The molecule has 30 heavy (non-hydrogen) atoms. The van der Waals surface area contributed by atoms with Crippen LogP contribution in [0.4, 0.5) is 0 Å². The molecule has 4 aromatic carbocycles. The Kier molecular flexibility index (Phi) is 4.47. The fourth-order valence-corrected chi connectivity index (χ4v) is 4.31. The highest BCUT2D eigenvalue weighted by Gasteiger charge is 2.12. The van der Waals surface area contributed by atoms with Crippen LogP contribution in [0.25, 0.3) is 44.1 Å². The summed E-state index contributed by atoms with van der Waals surface area (Å²) in [5.41, 5.74) is 9.10. The first-order valence-electron chi connectivity index (χ1n) is 10.7. The maximum absolute atomic E-state index is 3.57. The fraction of sp³-hybridized carbons (Fsp3) is 0.172. The van der Waals surface area contributed by atoms with E-state index < -0.39 is 0 Å². The Balaban J connectivity index is 1.57. The van der Waals surface area contributed by atoms with Gasteiger partial charge in [-0.05, 0) is 63.9 Å². The number of H-pyrrole nitrogens is 1. The van der Waals surface area contributed by atoms with Gasteiger partial charge in [0.05, 0.1) is 0 Å². The highest BCUT2D eigenvalue weighted by molar-refractivity contribution is 6.09. The summed E-state index contributed by atoms with van der Waals surface area (Å²) in [5, 5.41) is 2.55. The molecule has 0 aliphatic carbocycles. The molecule has 1 aromatic heterocycles. The van der Waals surface area contributed by atoms with Crippen LogP contribution in [-0.2, 0) is 6.42 Å². The molecule has 0 spiro atoms. The van der Waals surface area contributed by atoms with Crippen molar-refractivity contribution in [3.05, 3.63) is 96.6 Å². The molecule has 0 atom stereocenters. The lowest BCUT2D eigenvalue weighted by molar-refractivity contribution is 0.411. The normalized spacial score (nSPS) is 12.0. The monoisotopic (exact) mass is 389 g/mol. The smallest absolute Gasteiger partial charge is 0.0465 e. The number of aromatic nitrogens is 1. The minimum Gasteiger partial charge on any atom is -0.355 e. The molecule has 148 valence electrons. The van der Waals surface area contributed by atoms with Crippen molar-refractivity contribution < 1.29 is 0 Å². The zero-order chi connectivity index (χ0) is 20.7. The van der Waals surface area contributed by atoms with Gasteiger partial charge >= 0.3 is 0 Å². The molecule has 0 bridgehead atoms. The molecule has 0 aliphatic rings. The number of nitrogens with one attached hydrogen (secondary N) is 1. The summed E-state index contributed by atoms with van der Waals surface area (Å²) < 4.78 is 0. The van der Waals surface area contributed by atoms with Crippen LogP contribution in [0.5, 0.6) is 0 Å². The van der Waals surface area contributed by atoms with E-state index in [-0.39, 0.29) is 0 Å². The van der Waals surface area contributed by atoms with Gasteiger partial charge in [0.25, 0.3) is 0 Å². The molecule has 1 heteroatoms. The predicted octanol–water partition coefficient (Wildman–Crippen LogP) is 8.24. The number of hydrogen-bond donors (Lipinski definition) is 1. The third kappa shape index (κ3) is 3.64. The van der Waals surface area contributed by atoms with E-state index in [1.807, 2.05) is 0 Å². The highest BCUT2D eigenvalue weighted by atomic mass is 14.7. The zero-order valence-corrected chi connectivity index (χ0v) is 17.9. The summed E-state index contributed by atoms with van der Waals surface area (Å²) in [6, 6.07) is 33.1. The summed E-state index contributed by atoms with van der Waals surface area (Å²) in [4.78, 5) is 3.57. The van der Waals surface area contributed by atoms with Gasteiger partial charge < -0.3 is 4.98 Å². The Bertz CT molecular complexity index is 1320. The van der Waals surface area contributed by atoms with Crippen LogP contribution in [0.3, 0.4) is 0 Å². The van der Waals surface area contributed by atoms with E-state index in [0.29, 0.717) is 5.41 Å². The summed E-state index contributed by atoms with van der Waals surface area (Å²) in [7, 11) is 0. The molecule has 0 radical (unpaired) electrons. The van der Waals surface area contributed by atoms with Crippen molar-refractivity contribution in [1.29, 1.82) is 0 Å². The average Bonchev–Trinajstić information content (AvgIpc) is 3.11. The molecule has 0 unspecified atom stereocenters. The van der Waals surface area contributed by atoms with E-state index in [1.165, 1.54) is 49.6 Å². The van der Waals surface area contributed by atoms with Crippen LogP contribution in [0.1, 0.15) is 26.3 Å². The fourth-order valence-electron chi connectivity index (χ4n) is 4.31. The predicted molar refractivity (Wildman–Crippen MR) is 130 cm³/mol. The van der Waals surface area contributed by atoms with E-state index in [2.05, 4.69) is 117 Å². The minimum atomic E-state index is 0.306. The average molecular weight is 390 g/mol. The molecule has 1 heterocycles. The van der Waals surface area contributed by atoms with Crippen molar-refractivity contribution in [2.24, 2.45) is 5.41 Å². The van der Waals surface area contributed by atoms with E-state index in [4.69, 9.17) is 0 Å². The van der Waals surface area contributed by atoms with Crippen molar-refractivity contribution in [1.82, 2.24) is 4.98 Å². The second kappa shape index (κ2) is 7.18. The number of aromatic amines is 1. The van der Waals surface area contributed by atoms with Crippen molar-refractivity contribution in [2.75, 3.05) is 0 Å². The Labute approximate surface area is 178 Å². The van der Waals surface area contributed by atoms with Gasteiger partial charge in [-0.2, -0.15) is 0 Å². The summed E-state index contributed by atoms with van der Waals surface area (Å²) in [5.74, 6) is 0. The van der Waals surface area contributed by atoms with Crippen molar-refractivity contribution >= 4 is 21.8 Å². The second-order valence-electron chi connectivity index (χ2n) is 9.45. The summed E-state index contributed by atoms with van der Waals surface area (Å²) >= 11 is 0. The largest absolute Gasteiger partial charge is 0.355 e. The van der Waals surface area contributed by atoms with Gasteiger partial charge in [0.1, 0.15) is 0 Å². The van der Waals surface area contributed by atoms with Crippen molar-refractivity contribution in [2.45, 2.75) is 27.2 Å². The lowest BCUT2D eigenvalue weighted by Gasteiger charge is -2.18. The Hall–Kier alpha value is -3.32. The van der Waals surface area contributed by atoms with Gasteiger partial charge in [-0.1, -0.05) is 87.5 Å². The third-order valence-electron chi connectivity index (χ3n) is 5.73. The van der Waals surface area contributed by atoms with Gasteiger partial charge in [0, 0.05) is 21.8 Å². The summed E-state index contributed by atoms with van der Waals surface area (Å²) in [6.07, 6.45) is 1.09. The first-order valence-corrected chi connectivity index (χ1v) is 10.7. The van der Waals surface area contributed by atoms with Gasteiger partial charge in [-0.3, -0.25) is 0 Å². The molecular formula is C29H27N. The SMILES string of the molecule is CC(C)(C)Cc1ccc(-c2ccc3[nH]c4ccc(-c5ccccc5)cc4c3c2)cc1. The van der Waals surface area contributed by atoms with Crippen molar-refractivity contribution in [3.63, 3.8) is 0 Å². The maximum atomic E-state index is 3.57. The number of rotatable bonds is 3. The number of benzene rings is 4. The molecule has 0 amide bonds. The lowest BCUT2D eigenvalue weighted by Crippen LogP contribution is -2.08. The summed E-state index contributed by atoms with van der Waals surface area (Å²) in [6.45, 7) is 6.86. The highest BCUT2D eigenvalue weighted by Crippen LogP contribution is 2.33. The van der Waals surface area contributed by atoms with E-state index in [9.17, 15) is 0 Å². The Morgan fingerprint density at radius 1 is 0.567 bits per heavy atom. The first kappa shape index (κ1) is 18.7. The Morgan fingerprint density at radius 2 is 1.07 bits per heavy atom. The molecule has 0 saturated heterocycles. The molecule has 5 aromatic rings. The van der Waals surface area contributed by atoms with Gasteiger partial charge in [0.15, 0.2) is 0 Å². The first-order chi connectivity index (χ1) is 14.5. The third-order valence-corrected chi connectivity index (χ3v) is 5.73. The lowest BCUT2D eigenvalue weighted by atomic mass is 9.87. The van der Waals surface area contributed by atoms with Gasteiger partial charge in [-0.25, -0.2) is 0 Å². The topological polar surface area (TPSA) is 15.8 Å². The molecule has 5 rings (SSSR count). The second-order valence-corrected chi connectivity index (χ2v) is 9.45. The van der Waals surface area contributed by atoms with Gasteiger partial charge in [0.2, 0.25) is 0 Å². The van der Waals surface area contributed by atoms with E-state index in [1.54, 1.807) is 0 Å². The standard InChI is InChI=1S/C29H27N/c1-29(2,3)19-20-9-11-22(12-10-20)24-14-16-28-26(18-24)25-17-23(13-15-27(25)30-28)21-7-5-4-6-8-21/h4-18,30H,19H2,1-3H3. The van der Waals surface area contributed by atoms with Crippen LogP contribution in [0, 0.1) is 5.41 Å². The van der Waals surface area contributed by atoms with Crippen molar-refractivity contribution in [3.8, 4) is 22.3 Å². The molecule has 1 N–H and O–H groups in total. The minimum absolute atomic E-state index is 0.306.